The summed E-state index contributed by atoms with van der Waals surface area (Å²) in [4.78, 5) is 23.9. The van der Waals surface area contributed by atoms with E-state index < -0.39 is 68.0 Å². The number of nitrogens with zero attached hydrogens (tertiary/aromatic N) is 2. The molecule has 0 saturated carbocycles. The van der Waals surface area contributed by atoms with Crippen LogP contribution in [0.25, 0.3) is 22.1 Å². The van der Waals surface area contributed by atoms with Crippen molar-refractivity contribution >= 4 is 81.4 Å². The molecule has 58 heavy (non-hydrogen) atoms. The van der Waals surface area contributed by atoms with Crippen LogP contribution in [0.3, 0.4) is 0 Å². The largest absolute Gasteiger partial charge is 1.00 e. The Morgan fingerprint density at radius 1 is 0.638 bits per heavy atom. The van der Waals surface area contributed by atoms with E-state index in [-0.39, 0.29) is 118 Å². The number of nitrogen functional groups attached to an aromatic ring is 1. The van der Waals surface area contributed by atoms with E-state index in [0.717, 1.165) is 18.2 Å². The average molecular weight is 844 g/mol. The van der Waals surface area contributed by atoms with Gasteiger partial charge in [0.25, 0.3) is 0 Å². The summed E-state index contributed by atoms with van der Waals surface area (Å²) < 4.78 is 118. The van der Waals surface area contributed by atoms with Crippen LogP contribution in [-0.4, -0.2) is 76.1 Å². The predicted molar refractivity (Wildman–Crippen MR) is 196 cm³/mol. The monoisotopic (exact) mass is 843 g/mol. The Morgan fingerprint density at radius 3 is 1.66 bits per heavy atom. The van der Waals surface area contributed by atoms with Crippen LogP contribution in [0.4, 0.5) is 17.1 Å². The number of rotatable bonds is 10. The first kappa shape index (κ1) is 48.3. The number of hydrogen-bond donors (Lipinski definition) is 3. The van der Waals surface area contributed by atoms with Crippen LogP contribution < -0.4 is 93.3 Å². The summed E-state index contributed by atoms with van der Waals surface area (Å²) in [6, 6.07) is 16.6. The molecule has 0 heterocycles. The number of nitrogens with one attached hydrogen (secondary N) is 2. The number of benzene rings is 4. The van der Waals surface area contributed by atoms with E-state index in [2.05, 4.69) is 21.1 Å². The molecule has 0 aromatic heterocycles. The Kier molecular flexibility index (Phi) is 15.4. The van der Waals surface area contributed by atoms with E-state index in [1.807, 2.05) is 0 Å². The maximum Gasteiger partial charge on any atom is 1.00 e. The van der Waals surface area contributed by atoms with Crippen molar-refractivity contribution in [1.29, 1.82) is 0 Å². The first-order valence-electron chi connectivity index (χ1n) is 15.3. The smallest absolute Gasteiger partial charge is 0.744 e. The minimum absolute atomic E-state index is 0. The van der Waals surface area contributed by atoms with Gasteiger partial charge in [-0.1, -0.05) is 36.4 Å². The Labute approximate surface area is 377 Å². The summed E-state index contributed by atoms with van der Waals surface area (Å²) in [5.74, 6) is -1.40. The molecule has 0 amide bonds. The Bertz CT molecular complexity index is 2830. The maximum absolute atomic E-state index is 13.4. The molecule has 0 saturated heterocycles. The number of carbonyl (C=O) groups excluding carboxylic acids is 2. The van der Waals surface area contributed by atoms with Crippen LogP contribution >= 0.6 is 0 Å². The molecule has 6 rings (SSSR count). The first-order chi connectivity index (χ1) is 25.8. The van der Waals surface area contributed by atoms with Crippen molar-refractivity contribution in [2.24, 2.45) is 10.2 Å². The van der Waals surface area contributed by atoms with Gasteiger partial charge < -0.3 is 28.9 Å². The molecule has 4 aromatic rings. The molecular weight excluding hydrogens is 819 g/mol. The predicted octanol–water partition coefficient (Wildman–Crippen LogP) is -6.03. The van der Waals surface area contributed by atoms with Gasteiger partial charge in [-0.2, -0.15) is 10.2 Å². The number of ether oxygens (including phenoxy) is 2. The van der Waals surface area contributed by atoms with E-state index in [1.165, 1.54) is 44.6 Å². The minimum Gasteiger partial charge on any atom is -0.744 e. The average Bonchev–Trinajstić information content (AvgIpc) is 3.12. The molecule has 2 aliphatic rings. The number of carbonyl (C=O) groups is 2. The second kappa shape index (κ2) is 18.5. The molecule has 24 heteroatoms. The first-order valence-corrected chi connectivity index (χ1v) is 19.5. The van der Waals surface area contributed by atoms with Crippen molar-refractivity contribution in [3.8, 4) is 22.6 Å². The van der Waals surface area contributed by atoms with Crippen LogP contribution in [0.15, 0.2) is 98.9 Å². The van der Waals surface area contributed by atoms with Crippen LogP contribution in [0, 0.1) is 0 Å². The molecule has 0 radical (unpaired) electrons. The molecule has 0 bridgehead atoms. The Balaban J connectivity index is 0.00000300. The van der Waals surface area contributed by atoms with Gasteiger partial charge in [0.15, 0.2) is 0 Å². The zero-order valence-electron chi connectivity index (χ0n) is 31.1. The molecule has 0 fully saturated rings. The number of ketones is 2. The van der Waals surface area contributed by atoms with Gasteiger partial charge in [-0.25, -0.2) is 25.3 Å². The van der Waals surface area contributed by atoms with Gasteiger partial charge in [0, 0.05) is 16.8 Å². The third-order valence-corrected chi connectivity index (χ3v) is 10.8. The molecule has 0 unspecified atom stereocenters. The molecule has 4 N–H and O–H groups in total. The number of allylic oxidation sites excluding steroid dienone is 2. The second-order valence-corrected chi connectivity index (χ2v) is 15.6. The van der Waals surface area contributed by atoms with Gasteiger partial charge in [-0.15, -0.1) is 0 Å². The molecule has 18 nitrogen and oxygen atoms in total. The van der Waals surface area contributed by atoms with E-state index in [9.17, 15) is 48.5 Å². The van der Waals surface area contributed by atoms with Gasteiger partial charge in [-0.3, -0.25) is 20.4 Å². The molecular formula is C34H24Li2N5NaO13S3. The van der Waals surface area contributed by atoms with Gasteiger partial charge >= 0.3 is 67.3 Å². The van der Waals surface area contributed by atoms with Gasteiger partial charge in [0.2, 0.25) is 11.6 Å². The Morgan fingerprint density at radius 2 is 1.16 bits per heavy atom. The molecule has 2 aliphatic carbocycles. The number of fused-ring (bicyclic) bond motifs is 2. The number of Topliss-reactive ketones (excluding diaryl/α,β-unsaturated/α-hetero) is 2. The second-order valence-electron chi connectivity index (χ2n) is 11.6. The molecule has 0 spiro atoms. The summed E-state index contributed by atoms with van der Waals surface area (Å²) in [7, 11) is -12.7. The van der Waals surface area contributed by atoms with E-state index in [4.69, 9.17) is 15.2 Å². The topological polar surface area (TPSA) is 299 Å². The minimum atomic E-state index is -5.38. The van der Waals surface area contributed by atoms with Gasteiger partial charge in [0.1, 0.15) is 53.3 Å². The summed E-state index contributed by atoms with van der Waals surface area (Å²) in [6.07, 6.45) is 1.59. The van der Waals surface area contributed by atoms with E-state index >= 15 is 0 Å². The van der Waals surface area contributed by atoms with Crippen molar-refractivity contribution in [3.05, 3.63) is 106 Å². The number of methoxy groups -OCH3 is 2. The number of nitrogens with two attached hydrogens (primary N) is 1. The van der Waals surface area contributed by atoms with E-state index in [0.29, 0.717) is 17.2 Å². The van der Waals surface area contributed by atoms with Gasteiger partial charge in [0.05, 0.1) is 45.9 Å². The SMILES string of the molecule is COc1cc(-c2ccc(N/N=C3/C(=O)c4c(N)cc(S(=O)(=O)[O-])cc4C=C3S(=O)(=O)[O-])c(OC)c2)ccc1N/N=C1/C=C(S(=O)(=O)[O-])c2ccccc2C1=O.[Li+].[Li+].[Na+]. The zero-order chi connectivity index (χ0) is 40.0. The van der Waals surface area contributed by atoms with Crippen LogP contribution in [0.1, 0.15) is 31.8 Å². The van der Waals surface area contributed by atoms with Crippen molar-refractivity contribution in [2.75, 3.05) is 30.8 Å². The van der Waals surface area contributed by atoms with Crippen LogP contribution in [0.5, 0.6) is 11.5 Å². The van der Waals surface area contributed by atoms with Crippen LogP contribution in [-0.2, 0) is 30.4 Å². The fourth-order valence-electron chi connectivity index (χ4n) is 5.67. The number of hydrazone groups is 2. The normalized spacial score (nSPS) is 15.1. The third kappa shape index (κ3) is 9.87. The summed E-state index contributed by atoms with van der Waals surface area (Å²) in [6.45, 7) is 0. The number of hydrogen-bond acceptors (Lipinski definition) is 18. The number of anilines is 3. The summed E-state index contributed by atoms with van der Waals surface area (Å²) in [5.41, 5.74) is 10.0. The van der Waals surface area contributed by atoms with E-state index in [1.54, 1.807) is 30.3 Å². The van der Waals surface area contributed by atoms with Crippen molar-refractivity contribution in [3.63, 3.8) is 0 Å². The quantitative estimate of drug-likeness (QED) is 0.0579. The maximum atomic E-state index is 13.4. The third-order valence-electron chi connectivity index (χ3n) is 8.22. The van der Waals surface area contributed by atoms with Crippen molar-refractivity contribution in [2.45, 2.75) is 4.90 Å². The fourth-order valence-corrected chi connectivity index (χ4v) is 7.56. The summed E-state index contributed by atoms with van der Waals surface area (Å²) >= 11 is 0. The molecule has 4 aromatic carbocycles. The van der Waals surface area contributed by atoms with Crippen molar-refractivity contribution < 1.29 is 125 Å². The molecule has 284 valence electrons. The van der Waals surface area contributed by atoms with Crippen molar-refractivity contribution in [1.82, 2.24) is 0 Å². The van der Waals surface area contributed by atoms with Gasteiger partial charge in [-0.05, 0) is 65.2 Å². The standard InChI is InChI=1S/C34H27N5O13S3.2Li.Na/c1-51-27-12-17(7-9-24(27)36-38-26-16-29(54(45,46)47)21-5-3-4-6-22(21)33(26)40)18-8-10-25(28(13-18)52-2)37-39-32-30(55(48,49)50)14-19-11-20(53(42,43)44)15-23(35)31(19)34(32)41;;;/h3-16,36-37H,35H2,1-2H3,(H,42,43,44)(H,45,46,47)(H,48,49,50);;;/q;3*+1/p-3/b38-26-,39-32+;;;. The molecule has 0 aliphatic heterocycles. The molecule has 0 atom stereocenters. The Hall–Kier alpha value is -4.04. The fraction of sp³-hybridized carbons (Fsp3) is 0.0588. The summed E-state index contributed by atoms with van der Waals surface area (Å²) in [5, 5.41) is 7.92. The van der Waals surface area contributed by atoms with Crippen LogP contribution in [0.2, 0.25) is 0 Å². The zero-order valence-corrected chi connectivity index (χ0v) is 35.5.